The molecule has 1 aromatic rings. The van der Waals surface area contributed by atoms with Crippen LogP contribution in [0.2, 0.25) is 0 Å². The zero-order valence-corrected chi connectivity index (χ0v) is 11.5. The summed E-state index contributed by atoms with van der Waals surface area (Å²) in [7, 11) is 0. The van der Waals surface area contributed by atoms with Gasteiger partial charge in [-0.2, -0.15) is 0 Å². The molecule has 0 spiro atoms. The number of ether oxygens (including phenoxy) is 1. The van der Waals surface area contributed by atoms with Crippen LogP contribution in [0.25, 0.3) is 0 Å². The maximum Gasteiger partial charge on any atom is 0.339 e. The summed E-state index contributed by atoms with van der Waals surface area (Å²) in [4.78, 5) is 22.2. The van der Waals surface area contributed by atoms with Crippen LogP contribution in [-0.2, 0) is 4.79 Å². The highest BCUT2D eigenvalue weighted by molar-refractivity contribution is 9.10. The number of carbonyl (C=O) groups excluding carboxylic acids is 1. The lowest BCUT2D eigenvalue weighted by Crippen LogP contribution is -2.24. The number of hydrogen-bond acceptors (Lipinski definition) is 3. The number of halogens is 1. The minimum Gasteiger partial charge on any atom is -0.492 e. The van der Waals surface area contributed by atoms with E-state index in [0.717, 1.165) is 4.47 Å². The summed E-state index contributed by atoms with van der Waals surface area (Å²) < 4.78 is 6.05. The number of nitrogens with one attached hydrogen (secondary N) is 1. The Kier molecular flexibility index (Phi) is 5.64. The largest absolute Gasteiger partial charge is 0.492 e. The Labute approximate surface area is 113 Å². The Balaban J connectivity index is 2.63. The Morgan fingerprint density at radius 3 is 2.78 bits per heavy atom. The van der Waals surface area contributed by atoms with Crippen molar-refractivity contribution in [2.45, 2.75) is 13.3 Å². The molecule has 1 aromatic carbocycles. The summed E-state index contributed by atoms with van der Waals surface area (Å²) in [6.07, 6.45) is 0.194. The Bertz CT molecular complexity index is 448. The molecule has 0 radical (unpaired) electrons. The van der Waals surface area contributed by atoms with Gasteiger partial charge in [-0.15, -0.1) is 0 Å². The van der Waals surface area contributed by atoms with E-state index in [-0.39, 0.29) is 30.2 Å². The van der Waals surface area contributed by atoms with Crippen LogP contribution in [0, 0.1) is 0 Å². The predicted octanol–water partition coefficient (Wildman–Crippen LogP) is 2.05. The zero-order valence-electron chi connectivity index (χ0n) is 9.90. The number of amides is 1. The molecule has 1 amide bonds. The second kappa shape index (κ2) is 7.00. The van der Waals surface area contributed by atoms with Gasteiger partial charge in [0.05, 0.1) is 13.0 Å². The first-order valence-electron chi connectivity index (χ1n) is 5.47. The second-order valence-corrected chi connectivity index (χ2v) is 4.41. The molecule has 0 aliphatic heterocycles. The maximum absolute atomic E-state index is 11.2. The van der Waals surface area contributed by atoms with Gasteiger partial charge < -0.3 is 15.2 Å². The average molecular weight is 316 g/mol. The Morgan fingerprint density at radius 1 is 1.44 bits per heavy atom. The fourth-order valence-electron chi connectivity index (χ4n) is 1.33. The van der Waals surface area contributed by atoms with Crippen molar-refractivity contribution >= 4 is 27.8 Å². The van der Waals surface area contributed by atoms with Gasteiger partial charge in [0.15, 0.2) is 0 Å². The van der Waals surface area contributed by atoms with E-state index >= 15 is 0 Å². The number of benzene rings is 1. The van der Waals surface area contributed by atoms with E-state index < -0.39 is 5.97 Å². The normalized spacial score (nSPS) is 9.89. The van der Waals surface area contributed by atoms with E-state index in [1.165, 1.54) is 6.07 Å². The number of carboxylic acids is 1. The summed E-state index contributed by atoms with van der Waals surface area (Å²) >= 11 is 3.24. The first kappa shape index (κ1) is 14.5. The highest BCUT2D eigenvalue weighted by Gasteiger charge is 2.12. The van der Waals surface area contributed by atoms with Gasteiger partial charge in [-0.1, -0.05) is 15.9 Å². The number of carbonyl (C=O) groups is 2. The summed E-state index contributed by atoms with van der Waals surface area (Å²) in [6.45, 7) is 2.54. The van der Waals surface area contributed by atoms with Crippen LogP contribution >= 0.6 is 15.9 Å². The summed E-state index contributed by atoms with van der Waals surface area (Å²) in [6, 6.07) is 4.65. The van der Waals surface area contributed by atoms with Gasteiger partial charge in [-0.3, -0.25) is 4.79 Å². The minimum atomic E-state index is -1.06. The second-order valence-electron chi connectivity index (χ2n) is 3.50. The van der Waals surface area contributed by atoms with Crippen LogP contribution in [-0.4, -0.2) is 30.1 Å². The molecule has 0 aromatic heterocycles. The van der Waals surface area contributed by atoms with Gasteiger partial charge in [0.2, 0.25) is 5.91 Å². The summed E-state index contributed by atoms with van der Waals surface area (Å²) in [5.41, 5.74) is 0.0779. The molecule has 18 heavy (non-hydrogen) atoms. The lowest BCUT2D eigenvalue weighted by Gasteiger charge is -2.09. The van der Waals surface area contributed by atoms with Crippen molar-refractivity contribution in [3.8, 4) is 5.75 Å². The topological polar surface area (TPSA) is 75.6 Å². The van der Waals surface area contributed by atoms with Crippen molar-refractivity contribution in [2.24, 2.45) is 0 Å². The molecule has 0 saturated heterocycles. The fraction of sp³-hybridized carbons (Fsp3) is 0.333. The number of aromatic carboxylic acids is 1. The molecule has 0 saturated carbocycles. The first-order valence-corrected chi connectivity index (χ1v) is 6.26. The number of hydrogen-bond donors (Lipinski definition) is 2. The molecular weight excluding hydrogens is 302 g/mol. The van der Waals surface area contributed by atoms with Crippen LogP contribution in [0.5, 0.6) is 5.75 Å². The fourth-order valence-corrected chi connectivity index (χ4v) is 1.67. The monoisotopic (exact) mass is 315 g/mol. The molecule has 0 heterocycles. The van der Waals surface area contributed by atoms with Crippen molar-refractivity contribution < 1.29 is 19.4 Å². The third kappa shape index (κ3) is 4.37. The first-order chi connectivity index (χ1) is 8.54. The Hall–Kier alpha value is -1.56. The molecule has 0 bridgehead atoms. The van der Waals surface area contributed by atoms with Gasteiger partial charge in [-0.05, 0) is 25.1 Å². The SMILES string of the molecule is CCNC(=O)CCOc1cc(Br)ccc1C(=O)O. The van der Waals surface area contributed by atoms with E-state index in [1.807, 2.05) is 6.92 Å². The van der Waals surface area contributed by atoms with Gasteiger partial charge in [-0.25, -0.2) is 4.79 Å². The standard InChI is InChI=1S/C12H14BrNO4/c1-2-14-11(15)5-6-18-10-7-8(13)3-4-9(10)12(16)17/h3-4,7H,2,5-6H2,1H3,(H,14,15)(H,16,17). The molecule has 0 unspecified atom stereocenters. The van der Waals surface area contributed by atoms with E-state index in [1.54, 1.807) is 12.1 Å². The predicted molar refractivity (Wildman–Crippen MR) is 69.9 cm³/mol. The molecule has 0 aliphatic rings. The van der Waals surface area contributed by atoms with E-state index in [4.69, 9.17) is 9.84 Å². The molecule has 98 valence electrons. The van der Waals surface area contributed by atoms with Crippen molar-refractivity contribution in [3.63, 3.8) is 0 Å². The van der Waals surface area contributed by atoms with E-state index in [2.05, 4.69) is 21.2 Å². The summed E-state index contributed by atoms with van der Waals surface area (Å²) in [5.74, 6) is -0.930. The number of carboxylic acid groups (broad SMARTS) is 1. The molecular formula is C12H14BrNO4. The average Bonchev–Trinajstić information content (AvgIpc) is 2.29. The lowest BCUT2D eigenvalue weighted by molar-refractivity contribution is -0.121. The third-order valence-electron chi connectivity index (χ3n) is 2.13. The molecule has 5 nitrogen and oxygen atoms in total. The maximum atomic E-state index is 11.2. The van der Waals surface area contributed by atoms with E-state index in [0.29, 0.717) is 6.54 Å². The lowest BCUT2D eigenvalue weighted by atomic mass is 10.2. The van der Waals surface area contributed by atoms with Gasteiger partial charge >= 0.3 is 5.97 Å². The van der Waals surface area contributed by atoms with Crippen LogP contribution in [0.4, 0.5) is 0 Å². The molecule has 0 atom stereocenters. The molecule has 6 heteroatoms. The smallest absolute Gasteiger partial charge is 0.339 e. The quantitative estimate of drug-likeness (QED) is 0.842. The van der Waals surface area contributed by atoms with E-state index in [9.17, 15) is 9.59 Å². The van der Waals surface area contributed by atoms with Gasteiger partial charge in [0.25, 0.3) is 0 Å². The van der Waals surface area contributed by atoms with Crippen molar-refractivity contribution in [2.75, 3.05) is 13.2 Å². The summed E-state index contributed by atoms with van der Waals surface area (Å²) in [5, 5.41) is 11.6. The van der Waals surface area contributed by atoms with Crippen molar-refractivity contribution in [1.82, 2.24) is 5.32 Å². The number of rotatable bonds is 6. The third-order valence-corrected chi connectivity index (χ3v) is 2.63. The highest BCUT2D eigenvalue weighted by atomic mass is 79.9. The van der Waals surface area contributed by atoms with Crippen LogP contribution in [0.15, 0.2) is 22.7 Å². The Morgan fingerprint density at radius 2 is 2.17 bits per heavy atom. The van der Waals surface area contributed by atoms with Crippen molar-refractivity contribution in [1.29, 1.82) is 0 Å². The van der Waals surface area contributed by atoms with Crippen molar-refractivity contribution in [3.05, 3.63) is 28.2 Å². The molecule has 0 fully saturated rings. The zero-order chi connectivity index (χ0) is 13.5. The minimum absolute atomic E-state index is 0.0779. The molecule has 2 N–H and O–H groups in total. The van der Waals surface area contributed by atoms with Gasteiger partial charge in [0.1, 0.15) is 11.3 Å². The van der Waals surface area contributed by atoms with Crippen LogP contribution in [0.1, 0.15) is 23.7 Å². The highest BCUT2D eigenvalue weighted by Crippen LogP contribution is 2.23. The molecule has 1 rings (SSSR count). The van der Waals surface area contributed by atoms with Crippen LogP contribution in [0.3, 0.4) is 0 Å². The van der Waals surface area contributed by atoms with Gasteiger partial charge in [0, 0.05) is 11.0 Å². The van der Waals surface area contributed by atoms with Crippen LogP contribution < -0.4 is 10.1 Å². The molecule has 0 aliphatic carbocycles.